The van der Waals surface area contributed by atoms with E-state index in [-0.39, 0.29) is 25.3 Å². The number of aromatic amines is 1. The number of ether oxygens (including phenoxy) is 1. The second kappa shape index (κ2) is 9.34. The molecule has 0 unspecified atom stereocenters. The lowest BCUT2D eigenvalue weighted by molar-refractivity contribution is -0.132. The van der Waals surface area contributed by atoms with Crippen LogP contribution >= 0.6 is 23.2 Å². The van der Waals surface area contributed by atoms with E-state index >= 15 is 0 Å². The van der Waals surface area contributed by atoms with Crippen molar-refractivity contribution < 1.29 is 14.6 Å². The van der Waals surface area contributed by atoms with Crippen LogP contribution in [-0.2, 0) is 22.4 Å². The highest BCUT2D eigenvalue weighted by Crippen LogP contribution is 2.29. The quantitative estimate of drug-likeness (QED) is 0.690. The molecule has 10 heteroatoms. The number of aryl methyl sites for hydroxylation is 1. The largest absolute Gasteiger partial charge is 0.390 e. The number of aromatic nitrogens is 2. The molecule has 2 heterocycles. The molecule has 0 bridgehead atoms. The third-order valence-corrected chi connectivity index (χ3v) is 5.91. The van der Waals surface area contributed by atoms with Crippen molar-refractivity contribution >= 4 is 29.1 Å². The summed E-state index contributed by atoms with van der Waals surface area (Å²) < 4.78 is 7.12. The van der Waals surface area contributed by atoms with Gasteiger partial charge in [0.1, 0.15) is 12.3 Å². The standard InChI is InChI=1S/C20H23Cl2N3O5/c1-3-11-9-25(20(29)23-19(11)28)18-8-15(26)16(30-18)10-24(2)17(27)7-12-13(21)5-4-6-14(12)22/h4-6,9,15-16,18,26H,3,7-8,10H2,1-2H3,(H,23,28,29)/t15-,16+,18+/m0/s1. The normalized spacial score (nSPS) is 21.0. The van der Waals surface area contributed by atoms with E-state index < -0.39 is 29.7 Å². The number of H-pyrrole nitrogens is 1. The predicted octanol–water partition coefficient (Wildman–Crippen LogP) is 1.76. The van der Waals surface area contributed by atoms with E-state index in [9.17, 15) is 19.5 Å². The van der Waals surface area contributed by atoms with Gasteiger partial charge in [0.05, 0.1) is 12.5 Å². The molecule has 1 aliphatic heterocycles. The molecule has 0 spiro atoms. The lowest BCUT2D eigenvalue weighted by Gasteiger charge is -2.23. The van der Waals surface area contributed by atoms with Crippen LogP contribution in [-0.4, -0.2) is 51.3 Å². The molecule has 3 atom stereocenters. The van der Waals surface area contributed by atoms with Crippen molar-refractivity contribution in [3.05, 3.63) is 66.4 Å². The maximum absolute atomic E-state index is 12.6. The first-order valence-corrected chi connectivity index (χ1v) is 10.3. The van der Waals surface area contributed by atoms with Crippen LogP contribution < -0.4 is 11.2 Å². The summed E-state index contributed by atoms with van der Waals surface area (Å²) in [5.41, 5.74) is -0.0550. The Balaban J connectivity index is 1.68. The fourth-order valence-corrected chi connectivity index (χ4v) is 3.93. The second-order valence-electron chi connectivity index (χ2n) is 7.26. The van der Waals surface area contributed by atoms with Crippen molar-refractivity contribution in [1.82, 2.24) is 14.5 Å². The van der Waals surface area contributed by atoms with Crippen molar-refractivity contribution in [1.29, 1.82) is 0 Å². The van der Waals surface area contributed by atoms with Crippen LogP contribution in [0.15, 0.2) is 34.0 Å². The van der Waals surface area contributed by atoms with Crippen molar-refractivity contribution in [2.45, 2.75) is 44.6 Å². The van der Waals surface area contributed by atoms with E-state index in [0.29, 0.717) is 27.6 Å². The Morgan fingerprint density at radius 2 is 2.00 bits per heavy atom. The molecule has 1 amide bonds. The van der Waals surface area contributed by atoms with Crippen LogP contribution in [0.25, 0.3) is 0 Å². The van der Waals surface area contributed by atoms with Gasteiger partial charge in [-0.05, 0) is 24.1 Å². The number of benzene rings is 1. The SMILES string of the molecule is CCc1cn([C@H]2C[C@H](O)[C@@H](CN(C)C(=O)Cc3c(Cl)cccc3Cl)O2)c(=O)[nH]c1=O. The van der Waals surface area contributed by atoms with Crippen molar-refractivity contribution in [3.63, 3.8) is 0 Å². The number of hydrogen-bond donors (Lipinski definition) is 2. The van der Waals surface area contributed by atoms with Gasteiger partial charge in [-0.1, -0.05) is 36.2 Å². The molecule has 30 heavy (non-hydrogen) atoms. The van der Waals surface area contributed by atoms with Gasteiger partial charge in [-0.3, -0.25) is 19.1 Å². The average Bonchev–Trinajstić information content (AvgIpc) is 3.04. The van der Waals surface area contributed by atoms with Crippen LogP contribution in [0, 0.1) is 0 Å². The minimum Gasteiger partial charge on any atom is -0.390 e. The number of rotatable bonds is 6. The van der Waals surface area contributed by atoms with Crippen LogP contribution in [0.4, 0.5) is 0 Å². The van der Waals surface area contributed by atoms with Gasteiger partial charge in [-0.2, -0.15) is 0 Å². The summed E-state index contributed by atoms with van der Waals surface area (Å²) in [4.78, 5) is 40.2. The molecule has 1 aromatic carbocycles. The zero-order chi connectivity index (χ0) is 22.0. The highest BCUT2D eigenvalue weighted by molar-refractivity contribution is 6.36. The highest BCUT2D eigenvalue weighted by Gasteiger charge is 2.37. The van der Waals surface area contributed by atoms with Gasteiger partial charge in [0, 0.05) is 41.8 Å². The topological polar surface area (TPSA) is 105 Å². The van der Waals surface area contributed by atoms with Crippen LogP contribution in [0.3, 0.4) is 0 Å². The monoisotopic (exact) mass is 455 g/mol. The second-order valence-corrected chi connectivity index (χ2v) is 8.07. The zero-order valence-electron chi connectivity index (χ0n) is 16.6. The Morgan fingerprint density at radius 3 is 2.63 bits per heavy atom. The smallest absolute Gasteiger partial charge is 0.330 e. The van der Waals surface area contributed by atoms with Crippen molar-refractivity contribution in [2.75, 3.05) is 13.6 Å². The Bertz CT molecular complexity index is 1030. The first kappa shape index (κ1) is 22.6. The number of nitrogens with zero attached hydrogens (tertiary/aromatic N) is 2. The number of likely N-dealkylation sites (N-methyl/N-ethyl adjacent to an activating group) is 1. The molecular weight excluding hydrogens is 433 g/mol. The summed E-state index contributed by atoms with van der Waals surface area (Å²) in [5, 5.41) is 11.2. The molecule has 2 N–H and O–H groups in total. The predicted molar refractivity (Wildman–Crippen MR) is 113 cm³/mol. The molecule has 1 saturated heterocycles. The minimum atomic E-state index is -0.877. The molecule has 0 radical (unpaired) electrons. The number of aliphatic hydroxyl groups is 1. The highest BCUT2D eigenvalue weighted by atomic mass is 35.5. The molecule has 3 rings (SSSR count). The number of amides is 1. The number of halogens is 2. The fourth-order valence-electron chi connectivity index (χ4n) is 3.40. The average molecular weight is 456 g/mol. The Kier molecular flexibility index (Phi) is 7.02. The van der Waals surface area contributed by atoms with Gasteiger partial charge in [-0.15, -0.1) is 0 Å². The van der Waals surface area contributed by atoms with Crippen LogP contribution in [0.5, 0.6) is 0 Å². The van der Waals surface area contributed by atoms with Crippen molar-refractivity contribution in [2.24, 2.45) is 0 Å². The molecule has 162 valence electrons. The third kappa shape index (κ3) is 4.78. The van der Waals surface area contributed by atoms with E-state index in [0.717, 1.165) is 0 Å². The Labute approximate surface area is 183 Å². The Hall–Kier alpha value is -2.13. The zero-order valence-corrected chi connectivity index (χ0v) is 18.1. The molecule has 2 aromatic rings. The molecule has 1 fully saturated rings. The third-order valence-electron chi connectivity index (χ3n) is 5.21. The molecule has 0 saturated carbocycles. The molecular formula is C20H23Cl2N3O5. The van der Waals surface area contributed by atoms with Gasteiger partial charge in [-0.25, -0.2) is 4.79 Å². The molecule has 8 nitrogen and oxygen atoms in total. The van der Waals surface area contributed by atoms with E-state index in [4.69, 9.17) is 27.9 Å². The first-order valence-electron chi connectivity index (χ1n) is 9.56. The summed E-state index contributed by atoms with van der Waals surface area (Å²) >= 11 is 12.3. The maximum Gasteiger partial charge on any atom is 0.330 e. The van der Waals surface area contributed by atoms with Crippen LogP contribution in [0.1, 0.15) is 30.7 Å². The number of hydrogen-bond acceptors (Lipinski definition) is 5. The Morgan fingerprint density at radius 1 is 1.33 bits per heavy atom. The van der Waals surface area contributed by atoms with E-state index in [1.807, 2.05) is 0 Å². The number of aliphatic hydroxyl groups excluding tert-OH is 1. The van der Waals surface area contributed by atoms with E-state index in [1.54, 1.807) is 32.2 Å². The summed E-state index contributed by atoms with van der Waals surface area (Å²) in [5.74, 6) is -0.237. The van der Waals surface area contributed by atoms with Gasteiger partial charge >= 0.3 is 5.69 Å². The van der Waals surface area contributed by atoms with Gasteiger partial charge in [0.2, 0.25) is 5.91 Å². The van der Waals surface area contributed by atoms with Crippen LogP contribution in [0.2, 0.25) is 10.0 Å². The fraction of sp³-hybridized carbons (Fsp3) is 0.450. The summed E-state index contributed by atoms with van der Waals surface area (Å²) in [7, 11) is 1.60. The van der Waals surface area contributed by atoms with Crippen molar-refractivity contribution in [3.8, 4) is 0 Å². The molecule has 1 aliphatic rings. The summed E-state index contributed by atoms with van der Waals surface area (Å²) in [6, 6.07) is 5.03. The van der Waals surface area contributed by atoms with Gasteiger partial charge < -0.3 is 14.7 Å². The number of nitrogens with one attached hydrogen (secondary N) is 1. The lowest BCUT2D eigenvalue weighted by atomic mass is 10.1. The molecule has 1 aromatic heterocycles. The maximum atomic E-state index is 12.6. The number of carbonyl (C=O) groups excluding carboxylic acids is 1. The first-order chi connectivity index (χ1) is 14.2. The summed E-state index contributed by atoms with van der Waals surface area (Å²) in [6.07, 6.45) is -0.210. The van der Waals surface area contributed by atoms with Gasteiger partial charge in [0.25, 0.3) is 5.56 Å². The molecule has 0 aliphatic carbocycles. The lowest BCUT2D eigenvalue weighted by Crippen LogP contribution is -2.39. The van der Waals surface area contributed by atoms with Gasteiger partial charge in [0.15, 0.2) is 0 Å². The van der Waals surface area contributed by atoms with E-state index in [1.165, 1.54) is 15.7 Å². The van der Waals surface area contributed by atoms with E-state index in [2.05, 4.69) is 4.98 Å². The minimum absolute atomic E-state index is 0.0144. The number of carbonyl (C=O) groups is 1. The summed E-state index contributed by atoms with van der Waals surface area (Å²) in [6.45, 7) is 1.93.